The molecule has 1 aliphatic rings. The van der Waals surface area contributed by atoms with Crippen LogP contribution in [0.1, 0.15) is 39.7 Å². The van der Waals surface area contributed by atoms with E-state index in [0.29, 0.717) is 24.3 Å². The molecule has 3 aromatic heterocycles. The van der Waals surface area contributed by atoms with Gasteiger partial charge in [0, 0.05) is 55.0 Å². The van der Waals surface area contributed by atoms with Crippen LogP contribution in [0.3, 0.4) is 0 Å². The van der Waals surface area contributed by atoms with Crippen LogP contribution in [0.4, 0.5) is 22.7 Å². The van der Waals surface area contributed by atoms with Crippen molar-refractivity contribution >= 4 is 54.8 Å². The number of rotatable bonds is 6. The second-order valence-corrected chi connectivity index (χ2v) is 11.4. The zero-order valence-electron chi connectivity index (χ0n) is 24.8. The fourth-order valence-corrected chi connectivity index (χ4v) is 5.64. The number of fused-ring (bicyclic) bond motifs is 1. The Bertz CT molecular complexity index is 1940. The topological polar surface area (TPSA) is 111 Å². The lowest BCUT2D eigenvalue weighted by Gasteiger charge is -2.34. The van der Waals surface area contributed by atoms with Crippen LogP contribution >= 0.6 is 9.24 Å². The van der Waals surface area contributed by atoms with E-state index in [9.17, 15) is 9.59 Å². The van der Waals surface area contributed by atoms with Crippen LogP contribution in [0.25, 0.3) is 5.65 Å². The van der Waals surface area contributed by atoms with Crippen LogP contribution in [0.15, 0.2) is 67.3 Å². The number of aromatic amines is 1. The number of H-pyrrole nitrogens is 1. The summed E-state index contributed by atoms with van der Waals surface area (Å²) in [5, 5.41) is 14.0. The number of carbonyl (C=O) groups is 2. The Balaban J connectivity index is 1.25. The summed E-state index contributed by atoms with van der Waals surface area (Å²) in [5.74, 6) is 6.36. The molecule has 0 radical (unpaired) electrons. The number of nitrogens with one attached hydrogen (secondary N) is 3. The number of hydrogen-bond acceptors (Lipinski definition) is 6. The van der Waals surface area contributed by atoms with Crippen LogP contribution in [0.5, 0.6) is 0 Å². The van der Waals surface area contributed by atoms with Gasteiger partial charge in [-0.2, -0.15) is 5.10 Å². The summed E-state index contributed by atoms with van der Waals surface area (Å²) in [6.45, 7) is 5.79. The smallest absolute Gasteiger partial charge is 0.256 e. The standard InChI is InChI=1S/C33H33N8O2P/c1-4-22-13-24(16-27(14-22)40-11-10-39(3)31(42)20-40)38-33(43)28-15-23(21(2)12-30(28)44)7-8-26-19-34-32-29(6-5-9-41(26)32)37-25-17-35-36-18-25/h5-6,9,12-19,37H,4,10-11,20,44H2,1-3H3,(H,35,36)(H,38,43). The lowest BCUT2D eigenvalue weighted by molar-refractivity contribution is -0.129. The largest absolute Gasteiger partial charge is 0.360 e. The molecule has 6 rings (SSSR count). The van der Waals surface area contributed by atoms with Gasteiger partial charge in [-0.05, 0) is 72.1 Å². The van der Waals surface area contributed by atoms with Crippen molar-refractivity contribution in [3.63, 3.8) is 0 Å². The van der Waals surface area contributed by atoms with E-state index in [4.69, 9.17) is 0 Å². The van der Waals surface area contributed by atoms with E-state index in [1.165, 1.54) is 0 Å². The van der Waals surface area contributed by atoms with E-state index in [1.54, 1.807) is 23.5 Å². The number of benzene rings is 2. The molecule has 4 heterocycles. The Labute approximate surface area is 258 Å². The maximum absolute atomic E-state index is 13.6. The summed E-state index contributed by atoms with van der Waals surface area (Å²) in [5.41, 5.74) is 8.08. The molecule has 0 aliphatic carbocycles. The average Bonchev–Trinajstić information content (AvgIpc) is 3.68. The minimum absolute atomic E-state index is 0.0833. The lowest BCUT2D eigenvalue weighted by atomic mass is 10.0. The zero-order valence-corrected chi connectivity index (χ0v) is 26.0. The molecule has 1 fully saturated rings. The van der Waals surface area contributed by atoms with Gasteiger partial charge in [0.15, 0.2) is 5.65 Å². The number of aromatic nitrogens is 4. The number of imidazole rings is 1. The first-order valence-corrected chi connectivity index (χ1v) is 14.9. The van der Waals surface area contributed by atoms with Crippen molar-refractivity contribution in [3.05, 3.63) is 95.2 Å². The third kappa shape index (κ3) is 6.01. The second-order valence-electron chi connectivity index (χ2n) is 10.8. The molecule has 10 nitrogen and oxygen atoms in total. The molecule has 0 spiro atoms. The van der Waals surface area contributed by atoms with E-state index in [-0.39, 0.29) is 11.8 Å². The number of likely N-dealkylation sites (N-methyl/N-ethyl adjacent to an activating group) is 1. The molecule has 1 saturated heterocycles. The zero-order chi connectivity index (χ0) is 30.8. The maximum Gasteiger partial charge on any atom is 0.256 e. The summed E-state index contributed by atoms with van der Waals surface area (Å²) >= 11 is 0. The SMILES string of the molecule is CCc1cc(NC(=O)c2cc(C#Cc3cnc4c(Nc5cn[nH]c5)cccn34)c(C)cc2P)cc(N2CCN(C)C(=O)C2)c1. The van der Waals surface area contributed by atoms with Gasteiger partial charge >= 0.3 is 0 Å². The van der Waals surface area contributed by atoms with Crippen LogP contribution < -0.4 is 20.8 Å². The van der Waals surface area contributed by atoms with Crippen molar-refractivity contribution in [1.29, 1.82) is 0 Å². The van der Waals surface area contributed by atoms with Gasteiger partial charge in [-0.15, -0.1) is 9.24 Å². The molecule has 1 atom stereocenters. The van der Waals surface area contributed by atoms with Gasteiger partial charge in [-0.25, -0.2) is 4.98 Å². The average molecular weight is 605 g/mol. The van der Waals surface area contributed by atoms with Crippen LogP contribution in [0.2, 0.25) is 0 Å². The molecule has 0 saturated carbocycles. The minimum atomic E-state index is -0.225. The number of nitrogens with zero attached hydrogens (tertiary/aromatic N) is 5. The summed E-state index contributed by atoms with van der Waals surface area (Å²) in [6.07, 6.45) is 7.94. The van der Waals surface area contributed by atoms with E-state index >= 15 is 0 Å². The second kappa shape index (κ2) is 12.2. The molecule has 222 valence electrons. The third-order valence-corrected chi connectivity index (χ3v) is 8.22. The Morgan fingerprint density at radius 1 is 1.11 bits per heavy atom. The van der Waals surface area contributed by atoms with Crippen molar-refractivity contribution in [1.82, 2.24) is 24.5 Å². The van der Waals surface area contributed by atoms with Gasteiger partial charge in [0.2, 0.25) is 5.91 Å². The van der Waals surface area contributed by atoms with E-state index in [0.717, 1.165) is 63.4 Å². The van der Waals surface area contributed by atoms with Gasteiger partial charge in [0.05, 0.1) is 30.3 Å². The highest BCUT2D eigenvalue weighted by Crippen LogP contribution is 2.26. The number of anilines is 4. The molecule has 1 aliphatic heterocycles. The third-order valence-electron chi connectivity index (χ3n) is 7.75. The Morgan fingerprint density at radius 3 is 2.75 bits per heavy atom. The fraction of sp³-hybridized carbons (Fsp3) is 0.212. The molecule has 5 aromatic rings. The number of pyridine rings is 1. The molecule has 2 aromatic carbocycles. The quantitative estimate of drug-likeness (QED) is 0.199. The molecule has 3 N–H and O–H groups in total. The minimum Gasteiger partial charge on any atom is -0.360 e. The van der Waals surface area contributed by atoms with Gasteiger partial charge in [0.25, 0.3) is 5.91 Å². The van der Waals surface area contributed by atoms with Gasteiger partial charge in [-0.3, -0.25) is 19.1 Å². The van der Waals surface area contributed by atoms with Gasteiger partial charge < -0.3 is 20.4 Å². The number of hydrogen-bond donors (Lipinski definition) is 3. The van der Waals surface area contributed by atoms with E-state index in [1.807, 2.05) is 61.0 Å². The molecule has 0 bridgehead atoms. The van der Waals surface area contributed by atoms with Crippen LogP contribution in [-0.2, 0) is 11.2 Å². The highest BCUT2D eigenvalue weighted by Gasteiger charge is 2.22. The van der Waals surface area contributed by atoms with E-state index < -0.39 is 0 Å². The highest BCUT2D eigenvalue weighted by atomic mass is 31.0. The summed E-state index contributed by atoms with van der Waals surface area (Å²) in [4.78, 5) is 34.3. The predicted molar refractivity (Wildman–Crippen MR) is 177 cm³/mol. The molecule has 44 heavy (non-hydrogen) atoms. The van der Waals surface area contributed by atoms with Crippen molar-refractivity contribution in [3.8, 4) is 11.8 Å². The maximum atomic E-state index is 13.6. The monoisotopic (exact) mass is 604 g/mol. The normalized spacial score (nSPS) is 13.1. The van der Waals surface area contributed by atoms with Crippen LogP contribution in [0, 0.1) is 18.8 Å². The first-order valence-electron chi connectivity index (χ1n) is 14.4. The van der Waals surface area contributed by atoms with Gasteiger partial charge in [-0.1, -0.05) is 18.9 Å². The van der Waals surface area contributed by atoms with Crippen molar-refractivity contribution in [2.45, 2.75) is 20.3 Å². The van der Waals surface area contributed by atoms with Crippen LogP contribution in [-0.4, -0.2) is 63.0 Å². The summed E-state index contributed by atoms with van der Waals surface area (Å²) < 4.78 is 1.93. The number of carbonyl (C=O) groups excluding carboxylic acids is 2. The Kier molecular flexibility index (Phi) is 8.05. The Hall–Kier alpha value is -5.13. The first-order chi connectivity index (χ1) is 21.3. The number of aryl methyl sites for hydroxylation is 2. The van der Waals surface area contributed by atoms with Gasteiger partial charge in [0.1, 0.15) is 5.69 Å². The first kappa shape index (κ1) is 29.0. The molecule has 11 heteroatoms. The fourth-order valence-electron chi connectivity index (χ4n) is 5.18. The van der Waals surface area contributed by atoms with Crippen molar-refractivity contribution in [2.75, 3.05) is 42.2 Å². The molecule has 1 unspecified atom stereocenters. The number of amides is 2. The number of piperazine rings is 1. The highest BCUT2D eigenvalue weighted by molar-refractivity contribution is 7.27. The van der Waals surface area contributed by atoms with E-state index in [2.05, 4.69) is 64.8 Å². The predicted octanol–water partition coefficient (Wildman–Crippen LogP) is 4.10. The van der Waals surface area contributed by atoms with Crippen molar-refractivity contribution < 1.29 is 9.59 Å². The molecular formula is C33H33N8O2P. The summed E-state index contributed by atoms with van der Waals surface area (Å²) in [6, 6.07) is 13.7. The Morgan fingerprint density at radius 2 is 1.98 bits per heavy atom. The van der Waals surface area contributed by atoms with Crippen molar-refractivity contribution in [2.24, 2.45) is 0 Å². The lowest BCUT2D eigenvalue weighted by Crippen LogP contribution is -2.48. The summed E-state index contributed by atoms with van der Waals surface area (Å²) in [7, 11) is 4.49. The molecule has 2 amide bonds. The molecular weight excluding hydrogens is 571 g/mol.